The van der Waals surface area contributed by atoms with E-state index in [4.69, 9.17) is 16.3 Å². The molecule has 1 spiro atoms. The maximum absolute atomic E-state index is 12.2. The summed E-state index contributed by atoms with van der Waals surface area (Å²) in [6.07, 6.45) is 1.07. The zero-order valence-electron chi connectivity index (χ0n) is 10.3. The fourth-order valence-corrected chi connectivity index (χ4v) is 3.23. The number of carbonyl (C=O) groups excluding carboxylic acids is 2. The molecule has 4 nitrogen and oxygen atoms in total. The lowest BCUT2D eigenvalue weighted by atomic mass is 9.67. The van der Waals surface area contributed by atoms with Gasteiger partial charge in [0.2, 0.25) is 11.8 Å². The molecule has 3 rings (SSSR count). The third-order valence-electron chi connectivity index (χ3n) is 3.99. The number of halogens is 1. The maximum atomic E-state index is 12.2. The minimum absolute atomic E-state index is 0.208. The van der Waals surface area contributed by atoms with Crippen LogP contribution in [0.15, 0.2) is 24.3 Å². The number of hydrogen-bond acceptors (Lipinski definition) is 3. The van der Waals surface area contributed by atoms with Crippen molar-refractivity contribution in [2.45, 2.75) is 18.8 Å². The zero-order chi connectivity index (χ0) is 13.5. The minimum Gasteiger partial charge on any atom is -0.381 e. The molecule has 1 N–H and O–H groups in total. The fraction of sp³-hybridized carbons (Fsp3) is 0.429. The number of piperidine rings is 1. The van der Waals surface area contributed by atoms with E-state index in [1.807, 2.05) is 12.1 Å². The van der Waals surface area contributed by atoms with E-state index < -0.39 is 5.41 Å². The van der Waals surface area contributed by atoms with E-state index >= 15 is 0 Å². The summed E-state index contributed by atoms with van der Waals surface area (Å²) in [6.45, 7) is 1.06. The number of rotatable bonds is 1. The van der Waals surface area contributed by atoms with Crippen LogP contribution in [0.25, 0.3) is 0 Å². The van der Waals surface area contributed by atoms with Crippen molar-refractivity contribution in [3.05, 3.63) is 34.9 Å². The first-order valence-electron chi connectivity index (χ1n) is 6.28. The van der Waals surface area contributed by atoms with Crippen LogP contribution in [-0.2, 0) is 14.3 Å². The maximum Gasteiger partial charge on any atom is 0.234 e. The molecule has 2 atom stereocenters. The zero-order valence-corrected chi connectivity index (χ0v) is 11.1. The average Bonchev–Trinajstić information content (AvgIpc) is 2.79. The smallest absolute Gasteiger partial charge is 0.234 e. The van der Waals surface area contributed by atoms with Crippen molar-refractivity contribution >= 4 is 23.4 Å². The van der Waals surface area contributed by atoms with Gasteiger partial charge in [-0.15, -0.1) is 0 Å². The Bertz CT molecular complexity index is 520. The van der Waals surface area contributed by atoms with Crippen molar-refractivity contribution in [2.24, 2.45) is 5.41 Å². The van der Waals surface area contributed by atoms with Gasteiger partial charge in [-0.3, -0.25) is 14.9 Å². The molecule has 5 heteroatoms. The molecule has 0 saturated carbocycles. The second-order valence-corrected chi connectivity index (χ2v) is 5.68. The third-order valence-corrected chi connectivity index (χ3v) is 4.24. The SMILES string of the molecule is O=C1CC2(CCOC2)C(c2ccc(Cl)cc2)C(=O)N1. The molecule has 0 radical (unpaired) electrons. The largest absolute Gasteiger partial charge is 0.381 e. The number of benzene rings is 1. The van der Waals surface area contributed by atoms with Crippen LogP contribution in [0.5, 0.6) is 0 Å². The number of imide groups is 1. The van der Waals surface area contributed by atoms with Crippen molar-refractivity contribution in [1.82, 2.24) is 5.32 Å². The van der Waals surface area contributed by atoms with Crippen LogP contribution < -0.4 is 5.32 Å². The van der Waals surface area contributed by atoms with E-state index in [0.717, 1.165) is 12.0 Å². The van der Waals surface area contributed by atoms with Crippen LogP contribution >= 0.6 is 11.6 Å². The van der Waals surface area contributed by atoms with Gasteiger partial charge in [0.25, 0.3) is 0 Å². The van der Waals surface area contributed by atoms with Crippen molar-refractivity contribution in [1.29, 1.82) is 0 Å². The molecular weight excluding hydrogens is 266 g/mol. The second-order valence-electron chi connectivity index (χ2n) is 5.24. The molecule has 2 aliphatic heterocycles. The van der Waals surface area contributed by atoms with Gasteiger partial charge in [-0.05, 0) is 24.1 Å². The van der Waals surface area contributed by atoms with Gasteiger partial charge in [-0.1, -0.05) is 23.7 Å². The van der Waals surface area contributed by atoms with E-state index in [0.29, 0.717) is 24.7 Å². The molecule has 2 aliphatic rings. The van der Waals surface area contributed by atoms with E-state index in [1.165, 1.54) is 0 Å². The summed E-state index contributed by atoms with van der Waals surface area (Å²) in [7, 11) is 0. The van der Waals surface area contributed by atoms with Crippen LogP contribution in [0, 0.1) is 5.41 Å². The Morgan fingerprint density at radius 3 is 2.63 bits per heavy atom. The van der Waals surface area contributed by atoms with Crippen LogP contribution in [0.2, 0.25) is 5.02 Å². The van der Waals surface area contributed by atoms with Crippen molar-refractivity contribution in [3.63, 3.8) is 0 Å². The van der Waals surface area contributed by atoms with E-state index in [-0.39, 0.29) is 17.7 Å². The van der Waals surface area contributed by atoms with Gasteiger partial charge < -0.3 is 4.74 Å². The Morgan fingerprint density at radius 1 is 1.26 bits per heavy atom. The highest BCUT2D eigenvalue weighted by atomic mass is 35.5. The summed E-state index contributed by atoms with van der Waals surface area (Å²) in [4.78, 5) is 23.9. The lowest BCUT2D eigenvalue weighted by molar-refractivity contribution is -0.140. The van der Waals surface area contributed by atoms with Crippen LogP contribution in [0.4, 0.5) is 0 Å². The molecule has 2 saturated heterocycles. The Balaban J connectivity index is 2.02. The molecule has 0 bridgehead atoms. The van der Waals surface area contributed by atoms with Crippen molar-refractivity contribution in [2.75, 3.05) is 13.2 Å². The lowest BCUT2D eigenvalue weighted by Gasteiger charge is -2.38. The van der Waals surface area contributed by atoms with Crippen molar-refractivity contribution in [3.8, 4) is 0 Å². The van der Waals surface area contributed by atoms with Gasteiger partial charge in [-0.2, -0.15) is 0 Å². The molecule has 0 aromatic heterocycles. The first-order valence-corrected chi connectivity index (χ1v) is 6.65. The van der Waals surface area contributed by atoms with E-state index in [2.05, 4.69) is 5.32 Å². The average molecular weight is 280 g/mol. The van der Waals surface area contributed by atoms with Gasteiger partial charge in [0.05, 0.1) is 12.5 Å². The number of amides is 2. The Hall–Kier alpha value is -1.39. The number of hydrogen-bond donors (Lipinski definition) is 1. The molecule has 2 amide bonds. The highest BCUT2D eigenvalue weighted by molar-refractivity contribution is 6.30. The summed E-state index contributed by atoms with van der Waals surface area (Å²) >= 11 is 5.88. The second kappa shape index (κ2) is 4.62. The Labute approximate surface area is 116 Å². The molecule has 19 heavy (non-hydrogen) atoms. The molecule has 2 unspecified atom stereocenters. The monoisotopic (exact) mass is 279 g/mol. The minimum atomic E-state index is -0.396. The summed E-state index contributed by atoms with van der Waals surface area (Å²) in [5.41, 5.74) is 0.493. The van der Waals surface area contributed by atoms with Crippen LogP contribution in [0.3, 0.4) is 0 Å². The standard InChI is InChI=1S/C14H14ClNO3/c15-10-3-1-9(2-4-10)12-13(18)16-11(17)7-14(12)5-6-19-8-14/h1-4,12H,5-8H2,(H,16,17,18). The van der Waals surface area contributed by atoms with Crippen molar-refractivity contribution < 1.29 is 14.3 Å². The normalized spacial score (nSPS) is 30.7. The number of carbonyl (C=O) groups is 2. The highest BCUT2D eigenvalue weighted by Gasteiger charge is 2.51. The highest BCUT2D eigenvalue weighted by Crippen LogP contribution is 2.47. The fourth-order valence-electron chi connectivity index (χ4n) is 3.10. The van der Waals surface area contributed by atoms with Gasteiger partial charge >= 0.3 is 0 Å². The first-order chi connectivity index (χ1) is 9.11. The summed E-state index contributed by atoms with van der Waals surface area (Å²) in [6, 6.07) is 7.24. The van der Waals surface area contributed by atoms with Gasteiger partial charge in [-0.25, -0.2) is 0 Å². The van der Waals surface area contributed by atoms with E-state index in [1.54, 1.807) is 12.1 Å². The van der Waals surface area contributed by atoms with Gasteiger partial charge in [0.15, 0.2) is 0 Å². The third kappa shape index (κ3) is 2.15. The van der Waals surface area contributed by atoms with Crippen LogP contribution in [-0.4, -0.2) is 25.0 Å². The Morgan fingerprint density at radius 2 is 2.00 bits per heavy atom. The van der Waals surface area contributed by atoms with E-state index in [9.17, 15) is 9.59 Å². The quantitative estimate of drug-likeness (QED) is 0.799. The predicted molar refractivity (Wildman–Crippen MR) is 69.8 cm³/mol. The summed E-state index contributed by atoms with van der Waals surface area (Å²) < 4.78 is 5.45. The molecule has 1 aromatic carbocycles. The van der Waals surface area contributed by atoms with Crippen LogP contribution in [0.1, 0.15) is 24.3 Å². The lowest BCUT2D eigenvalue weighted by Crippen LogP contribution is -2.51. The molecule has 2 heterocycles. The number of ether oxygens (including phenoxy) is 1. The topological polar surface area (TPSA) is 55.4 Å². The van der Waals surface area contributed by atoms with Gasteiger partial charge in [0, 0.05) is 23.5 Å². The Kier molecular flexibility index (Phi) is 3.07. The summed E-state index contributed by atoms with van der Waals surface area (Å²) in [5.74, 6) is -0.783. The molecule has 100 valence electrons. The molecule has 0 aliphatic carbocycles. The molecule has 1 aromatic rings. The predicted octanol–water partition coefficient (Wildman–Crippen LogP) is 1.88. The first kappa shape index (κ1) is 12.6. The van der Waals surface area contributed by atoms with Gasteiger partial charge in [0.1, 0.15) is 0 Å². The molecular formula is C14H14ClNO3. The summed E-state index contributed by atoms with van der Waals surface area (Å²) in [5, 5.41) is 3.06. The number of nitrogens with one attached hydrogen (secondary N) is 1. The molecule has 2 fully saturated rings.